The Morgan fingerprint density at radius 3 is 2.67 bits per heavy atom. The molecule has 0 radical (unpaired) electrons. The van der Waals surface area contributed by atoms with Gasteiger partial charge in [-0.15, -0.1) is 0 Å². The van der Waals surface area contributed by atoms with Gasteiger partial charge in [0.1, 0.15) is 6.04 Å². The molecule has 1 aliphatic heterocycles. The first kappa shape index (κ1) is 15.0. The van der Waals surface area contributed by atoms with Gasteiger partial charge in [0.25, 0.3) is 0 Å². The van der Waals surface area contributed by atoms with Crippen LogP contribution in [0.25, 0.3) is 0 Å². The van der Waals surface area contributed by atoms with Gasteiger partial charge in [0.15, 0.2) is 11.5 Å². The van der Waals surface area contributed by atoms with Crippen molar-refractivity contribution >= 4 is 17.6 Å². The molecule has 0 fully saturated rings. The fourth-order valence-electron chi connectivity index (χ4n) is 2.08. The molecule has 114 valence electrons. The quantitative estimate of drug-likeness (QED) is 0.764. The zero-order valence-corrected chi connectivity index (χ0v) is 12.0. The fraction of sp³-hybridized carbons (Fsp3) is 0.429. The van der Waals surface area contributed by atoms with Crippen LogP contribution in [0.5, 0.6) is 11.5 Å². The van der Waals surface area contributed by atoms with E-state index in [0.29, 0.717) is 23.6 Å². The number of ether oxygens (including phenoxy) is 2. The Morgan fingerprint density at radius 2 is 2.00 bits per heavy atom. The molecule has 7 heteroatoms. The van der Waals surface area contributed by atoms with Gasteiger partial charge in [-0.1, -0.05) is 13.8 Å². The lowest BCUT2D eigenvalue weighted by atomic mass is 10.0. The lowest BCUT2D eigenvalue weighted by molar-refractivity contribution is -0.118. The van der Waals surface area contributed by atoms with Gasteiger partial charge in [-0.05, 0) is 24.5 Å². The van der Waals surface area contributed by atoms with Gasteiger partial charge in [-0.3, -0.25) is 4.79 Å². The Labute approximate surface area is 122 Å². The first-order valence-corrected chi connectivity index (χ1v) is 6.72. The number of primary amides is 1. The van der Waals surface area contributed by atoms with Crippen molar-refractivity contribution in [1.82, 2.24) is 5.32 Å². The SMILES string of the molecule is CC(C)C[C@H](NC(N)=O)C(=O)Nc1ccc2c(c1)OCO2. The van der Waals surface area contributed by atoms with E-state index in [-0.39, 0.29) is 18.6 Å². The summed E-state index contributed by atoms with van der Waals surface area (Å²) < 4.78 is 10.4. The summed E-state index contributed by atoms with van der Waals surface area (Å²) in [7, 11) is 0. The lowest BCUT2D eigenvalue weighted by Crippen LogP contribution is -2.46. The van der Waals surface area contributed by atoms with Crippen LogP contribution in [0.3, 0.4) is 0 Å². The highest BCUT2D eigenvalue weighted by atomic mass is 16.7. The molecule has 0 saturated carbocycles. The maximum Gasteiger partial charge on any atom is 0.312 e. The Morgan fingerprint density at radius 1 is 1.29 bits per heavy atom. The molecule has 0 saturated heterocycles. The number of urea groups is 1. The topological polar surface area (TPSA) is 103 Å². The summed E-state index contributed by atoms with van der Waals surface area (Å²) in [4.78, 5) is 23.2. The molecule has 0 bridgehead atoms. The van der Waals surface area contributed by atoms with Gasteiger partial charge in [0.2, 0.25) is 12.7 Å². The van der Waals surface area contributed by atoms with Crippen LogP contribution in [0.2, 0.25) is 0 Å². The Kier molecular flexibility index (Phi) is 4.52. The third-order valence-corrected chi connectivity index (χ3v) is 2.98. The minimum absolute atomic E-state index is 0.173. The predicted octanol–water partition coefficient (Wildman–Crippen LogP) is 1.44. The monoisotopic (exact) mass is 293 g/mol. The molecular formula is C14H19N3O4. The number of rotatable bonds is 5. The summed E-state index contributed by atoms with van der Waals surface area (Å²) in [6.45, 7) is 4.10. The molecule has 0 spiro atoms. The van der Waals surface area contributed by atoms with Crippen molar-refractivity contribution in [3.63, 3.8) is 0 Å². The van der Waals surface area contributed by atoms with Crippen molar-refractivity contribution in [3.05, 3.63) is 18.2 Å². The van der Waals surface area contributed by atoms with Crippen molar-refractivity contribution in [2.45, 2.75) is 26.3 Å². The van der Waals surface area contributed by atoms with Crippen LogP contribution in [-0.4, -0.2) is 24.8 Å². The zero-order valence-electron chi connectivity index (χ0n) is 12.0. The van der Waals surface area contributed by atoms with E-state index >= 15 is 0 Å². The Bertz CT molecular complexity index is 545. The minimum Gasteiger partial charge on any atom is -0.454 e. The van der Waals surface area contributed by atoms with Crippen molar-refractivity contribution in [3.8, 4) is 11.5 Å². The van der Waals surface area contributed by atoms with Crippen LogP contribution >= 0.6 is 0 Å². The number of benzene rings is 1. The third kappa shape index (κ3) is 4.01. The normalized spacial score (nSPS) is 13.9. The number of nitrogens with one attached hydrogen (secondary N) is 2. The van der Waals surface area contributed by atoms with Crippen LogP contribution in [-0.2, 0) is 4.79 Å². The summed E-state index contributed by atoms with van der Waals surface area (Å²) in [5.74, 6) is 1.14. The molecule has 3 amide bonds. The van der Waals surface area contributed by atoms with Gasteiger partial charge in [0, 0.05) is 11.8 Å². The number of carbonyl (C=O) groups excluding carboxylic acids is 2. The molecular weight excluding hydrogens is 274 g/mol. The van der Waals surface area contributed by atoms with E-state index in [1.807, 2.05) is 13.8 Å². The van der Waals surface area contributed by atoms with Crippen molar-refractivity contribution in [2.75, 3.05) is 12.1 Å². The number of amides is 3. The Hall–Kier alpha value is -2.44. The van der Waals surface area contributed by atoms with Crippen LogP contribution < -0.4 is 25.8 Å². The van der Waals surface area contributed by atoms with E-state index in [2.05, 4.69) is 10.6 Å². The van der Waals surface area contributed by atoms with Gasteiger partial charge in [-0.2, -0.15) is 0 Å². The van der Waals surface area contributed by atoms with Crippen LogP contribution in [0.4, 0.5) is 10.5 Å². The highest BCUT2D eigenvalue weighted by Crippen LogP contribution is 2.34. The number of fused-ring (bicyclic) bond motifs is 1. The van der Waals surface area contributed by atoms with E-state index < -0.39 is 12.1 Å². The van der Waals surface area contributed by atoms with E-state index in [1.54, 1.807) is 18.2 Å². The molecule has 0 aliphatic carbocycles. The molecule has 1 heterocycles. The molecule has 2 rings (SSSR count). The van der Waals surface area contributed by atoms with E-state index in [1.165, 1.54) is 0 Å². The van der Waals surface area contributed by atoms with Crippen LogP contribution in [0, 0.1) is 5.92 Å². The summed E-state index contributed by atoms with van der Waals surface area (Å²) in [6, 6.07) is 3.71. The summed E-state index contributed by atoms with van der Waals surface area (Å²) in [5.41, 5.74) is 5.68. The van der Waals surface area contributed by atoms with E-state index in [9.17, 15) is 9.59 Å². The number of carbonyl (C=O) groups is 2. The highest BCUT2D eigenvalue weighted by Gasteiger charge is 2.22. The second-order valence-electron chi connectivity index (χ2n) is 5.25. The number of nitrogens with two attached hydrogens (primary N) is 1. The standard InChI is InChI=1S/C14H19N3O4/c1-8(2)5-10(17-14(15)19)13(18)16-9-3-4-11-12(6-9)21-7-20-11/h3-4,6,8,10H,5,7H2,1-2H3,(H,16,18)(H3,15,17,19)/t10-/m0/s1. The summed E-state index contributed by atoms with van der Waals surface area (Å²) in [6.07, 6.45) is 0.499. The zero-order chi connectivity index (χ0) is 15.4. The maximum absolute atomic E-state index is 12.2. The molecule has 21 heavy (non-hydrogen) atoms. The molecule has 1 aliphatic rings. The summed E-state index contributed by atoms with van der Waals surface area (Å²) >= 11 is 0. The molecule has 4 N–H and O–H groups in total. The minimum atomic E-state index is -0.721. The molecule has 0 unspecified atom stereocenters. The number of hydrogen-bond donors (Lipinski definition) is 3. The smallest absolute Gasteiger partial charge is 0.312 e. The van der Waals surface area contributed by atoms with Gasteiger partial charge >= 0.3 is 6.03 Å². The number of hydrogen-bond acceptors (Lipinski definition) is 4. The van der Waals surface area contributed by atoms with Gasteiger partial charge < -0.3 is 25.8 Å². The number of anilines is 1. The first-order valence-electron chi connectivity index (χ1n) is 6.72. The average molecular weight is 293 g/mol. The highest BCUT2D eigenvalue weighted by molar-refractivity contribution is 5.97. The Balaban J connectivity index is 2.05. The van der Waals surface area contributed by atoms with Gasteiger partial charge in [-0.25, -0.2) is 4.79 Å². The molecule has 1 atom stereocenters. The molecule has 1 aromatic rings. The molecule has 0 aromatic heterocycles. The second kappa shape index (κ2) is 6.34. The second-order valence-corrected chi connectivity index (χ2v) is 5.25. The third-order valence-electron chi connectivity index (χ3n) is 2.98. The largest absolute Gasteiger partial charge is 0.454 e. The first-order chi connectivity index (χ1) is 9.95. The average Bonchev–Trinajstić information content (AvgIpc) is 2.84. The van der Waals surface area contributed by atoms with E-state index in [0.717, 1.165) is 0 Å². The van der Waals surface area contributed by atoms with Crippen molar-refractivity contribution in [1.29, 1.82) is 0 Å². The van der Waals surface area contributed by atoms with Crippen molar-refractivity contribution < 1.29 is 19.1 Å². The van der Waals surface area contributed by atoms with E-state index in [4.69, 9.17) is 15.2 Å². The van der Waals surface area contributed by atoms with Gasteiger partial charge in [0.05, 0.1) is 0 Å². The van der Waals surface area contributed by atoms with Crippen LogP contribution in [0.15, 0.2) is 18.2 Å². The predicted molar refractivity (Wildman–Crippen MR) is 77.2 cm³/mol. The molecule has 7 nitrogen and oxygen atoms in total. The summed E-state index contributed by atoms with van der Waals surface area (Å²) in [5, 5.41) is 5.19. The van der Waals surface area contributed by atoms with Crippen LogP contribution in [0.1, 0.15) is 20.3 Å². The molecule has 1 aromatic carbocycles. The van der Waals surface area contributed by atoms with Crippen molar-refractivity contribution in [2.24, 2.45) is 11.7 Å². The maximum atomic E-state index is 12.2. The lowest BCUT2D eigenvalue weighted by Gasteiger charge is -2.19. The fourth-order valence-corrected chi connectivity index (χ4v) is 2.08.